The van der Waals surface area contributed by atoms with Crippen molar-refractivity contribution < 1.29 is 4.42 Å². The van der Waals surface area contributed by atoms with Crippen molar-refractivity contribution in [2.45, 2.75) is 6.92 Å². The molecule has 0 aliphatic rings. The van der Waals surface area contributed by atoms with Crippen molar-refractivity contribution in [1.29, 1.82) is 0 Å². The molecule has 0 radical (unpaired) electrons. The fraction of sp³-hybridized carbons (Fsp3) is 0.0667. The van der Waals surface area contributed by atoms with Gasteiger partial charge in [0.25, 0.3) is 0 Å². The standard InChI is InChI=1S/C15H11NO2/c1-10-3-2-4-13-15(10)12(17)9-14(18-13)11-5-7-16-8-6-11/h2-9H,1H3. The van der Waals surface area contributed by atoms with E-state index < -0.39 is 0 Å². The summed E-state index contributed by atoms with van der Waals surface area (Å²) in [7, 11) is 0. The van der Waals surface area contributed by atoms with Crippen LogP contribution in [0.2, 0.25) is 0 Å². The van der Waals surface area contributed by atoms with Crippen molar-refractivity contribution in [3.05, 3.63) is 64.6 Å². The molecule has 3 heteroatoms. The highest BCUT2D eigenvalue weighted by Gasteiger charge is 2.08. The third-order valence-corrected chi connectivity index (χ3v) is 2.93. The highest BCUT2D eigenvalue weighted by atomic mass is 16.3. The summed E-state index contributed by atoms with van der Waals surface area (Å²) >= 11 is 0. The van der Waals surface area contributed by atoms with Crippen LogP contribution in [-0.2, 0) is 0 Å². The molecule has 0 saturated heterocycles. The number of aromatic nitrogens is 1. The minimum Gasteiger partial charge on any atom is -0.456 e. The van der Waals surface area contributed by atoms with Crippen LogP contribution < -0.4 is 5.43 Å². The maximum absolute atomic E-state index is 12.1. The predicted octanol–water partition coefficient (Wildman–Crippen LogP) is 3.16. The first-order valence-electron chi connectivity index (χ1n) is 5.69. The summed E-state index contributed by atoms with van der Waals surface area (Å²) < 4.78 is 5.78. The summed E-state index contributed by atoms with van der Waals surface area (Å²) in [6.07, 6.45) is 3.35. The van der Waals surface area contributed by atoms with Crippen LogP contribution in [0.5, 0.6) is 0 Å². The van der Waals surface area contributed by atoms with Gasteiger partial charge in [0.15, 0.2) is 5.43 Å². The van der Waals surface area contributed by atoms with Gasteiger partial charge in [0.1, 0.15) is 11.3 Å². The summed E-state index contributed by atoms with van der Waals surface area (Å²) in [5.41, 5.74) is 2.39. The van der Waals surface area contributed by atoms with E-state index in [0.29, 0.717) is 16.7 Å². The van der Waals surface area contributed by atoms with Gasteiger partial charge in [-0.3, -0.25) is 9.78 Å². The van der Waals surface area contributed by atoms with E-state index in [0.717, 1.165) is 11.1 Å². The molecule has 18 heavy (non-hydrogen) atoms. The van der Waals surface area contributed by atoms with E-state index >= 15 is 0 Å². The summed E-state index contributed by atoms with van der Waals surface area (Å²) in [6, 6.07) is 10.8. The lowest BCUT2D eigenvalue weighted by molar-refractivity contribution is 0.618. The number of pyridine rings is 1. The van der Waals surface area contributed by atoms with Crippen LogP contribution in [0.15, 0.2) is 58.0 Å². The Morgan fingerprint density at radius 1 is 1.11 bits per heavy atom. The van der Waals surface area contributed by atoms with Gasteiger partial charge in [-0.25, -0.2) is 0 Å². The highest BCUT2D eigenvalue weighted by molar-refractivity contribution is 5.81. The molecule has 0 aliphatic heterocycles. The van der Waals surface area contributed by atoms with Gasteiger partial charge in [0.05, 0.1) is 5.39 Å². The van der Waals surface area contributed by atoms with Gasteiger partial charge in [-0.05, 0) is 30.7 Å². The molecule has 0 amide bonds. The number of aryl methyl sites for hydroxylation is 1. The summed E-state index contributed by atoms with van der Waals surface area (Å²) in [5.74, 6) is 0.570. The van der Waals surface area contributed by atoms with Crippen LogP contribution in [0.3, 0.4) is 0 Å². The number of hydrogen-bond acceptors (Lipinski definition) is 3. The number of rotatable bonds is 1. The van der Waals surface area contributed by atoms with E-state index in [1.807, 2.05) is 37.3 Å². The molecule has 0 N–H and O–H groups in total. The molecule has 3 nitrogen and oxygen atoms in total. The monoisotopic (exact) mass is 237 g/mol. The SMILES string of the molecule is Cc1cccc2oc(-c3ccncc3)cc(=O)c12. The van der Waals surface area contributed by atoms with Crippen molar-refractivity contribution in [3.8, 4) is 11.3 Å². The zero-order valence-electron chi connectivity index (χ0n) is 9.88. The van der Waals surface area contributed by atoms with E-state index in [-0.39, 0.29) is 5.43 Å². The molecule has 0 atom stereocenters. The zero-order chi connectivity index (χ0) is 12.5. The fourth-order valence-corrected chi connectivity index (χ4v) is 2.04. The lowest BCUT2D eigenvalue weighted by Gasteiger charge is -2.04. The van der Waals surface area contributed by atoms with Gasteiger partial charge >= 0.3 is 0 Å². The van der Waals surface area contributed by atoms with Crippen LogP contribution in [0, 0.1) is 6.92 Å². The second-order valence-electron chi connectivity index (χ2n) is 4.16. The molecular weight excluding hydrogens is 226 g/mol. The van der Waals surface area contributed by atoms with E-state index in [1.165, 1.54) is 6.07 Å². The van der Waals surface area contributed by atoms with Gasteiger partial charge in [-0.2, -0.15) is 0 Å². The Hall–Kier alpha value is -2.42. The molecule has 2 aromatic heterocycles. The smallest absolute Gasteiger partial charge is 0.193 e. The first-order valence-corrected chi connectivity index (χ1v) is 5.69. The molecule has 3 aromatic rings. The Kier molecular flexibility index (Phi) is 2.45. The molecule has 0 spiro atoms. The number of fused-ring (bicyclic) bond motifs is 1. The second-order valence-corrected chi connectivity index (χ2v) is 4.16. The molecule has 0 aliphatic carbocycles. The minimum absolute atomic E-state index is 0.0128. The quantitative estimate of drug-likeness (QED) is 0.653. The molecule has 0 saturated carbocycles. The van der Waals surface area contributed by atoms with Gasteiger partial charge in [-0.1, -0.05) is 12.1 Å². The Labute approximate surface area is 104 Å². The van der Waals surface area contributed by atoms with Crippen molar-refractivity contribution >= 4 is 11.0 Å². The van der Waals surface area contributed by atoms with Crippen molar-refractivity contribution in [1.82, 2.24) is 4.98 Å². The van der Waals surface area contributed by atoms with Crippen molar-refractivity contribution in [2.75, 3.05) is 0 Å². The van der Waals surface area contributed by atoms with Crippen molar-refractivity contribution in [2.24, 2.45) is 0 Å². The molecule has 3 rings (SSSR count). The molecule has 0 fully saturated rings. The maximum atomic E-state index is 12.1. The Balaban J connectivity index is 2.33. The average Bonchev–Trinajstić information content (AvgIpc) is 2.39. The maximum Gasteiger partial charge on any atom is 0.193 e. The van der Waals surface area contributed by atoms with Gasteiger partial charge in [0, 0.05) is 24.0 Å². The third-order valence-electron chi connectivity index (χ3n) is 2.93. The number of hydrogen-bond donors (Lipinski definition) is 0. The Morgan fingerprint density at radius 3 is 2.67 bits per heavy atom. The minimum atomic E-state index is -0.0128. The first-order chi connectivity index (χ1) is 8.75. The normalized spacial score (nSPS) is 10.7. The summed E-state index contributed by atoms with van der Waals surface area (Å²) in [4.78, 5) is 16.1. The third kappa shape index (κ3) is 1.70. The first kappa shape index (κ1) is 10.7. The number of nitrogens with zero attached hydrogens (tertiary/aromatic N) is 1. The second kappa shape index (κ2) is 4.11. The fourth-order valence-electron chi connectivity index (χ4n) is 2.04. The topological polar surface area (TPSA) is 43.1 Å². The summed E-state index contributed by atoms with van der Waals surface area (Å²) in [5, 5.41) is 0.648. The average molecular weight is 237 g/mol. The van der Waals surface area contributed by atoms with Gasteiger partial charge < -0.3 is 4.42 Å². The van der Waals surface area contributed by atoms with Crippen molar-refractivity contribution in [3.63, 3.8) is 0 Å². The lowest BCUT2D eigenvalue weighted by atomic mass is 10.1. The highest BCUT2D eigenvalue weighted by Crippen LogP contribution is 2.22. The predicted molar refractivity (Wildman–Crippen MR) is 70.5 cm³/mol. The molecule has 88 valence electrons. The largest absolute Gasteiger partial charge is 0.456 e. The van der Waals surface area contributed by atoms with Gasteiger partial charge in [-0.15, -0.1) is 0 Å². The van der Waals surface area contributed by atoms with E-state index in [2.05, 4.69) is 4.98 Å². The van der Waals surface area contributed by atoms with Crippen LogP contribution in [0.4, 0.5) is 0 Å². The van der Waals surface area contributed by atoms with Gasteiger partial charge in [0.2, 0.25) is 0 Å². The Bertz CT molecular complexity index is 760. The summed E-state index contributed by atoms with van der Waals surface area (Å²) in [6.45, 7) is 1.91. The lowest BCUT2D eigenvalue weighted by Crippen LogP contribution is -2.02. The molecule has 0 bridgehead atoms. The number of benzene rings is 1. The van der Waals surface area contributed by atoms with Crippen LogP contribution in [-0.4, -0.2) is 4.98 Å². The molecule has 2 heterocycles. The van der Waals surface area contributed by atoms with Crippen LogP contribution in [0.1, 0.15) is 5.56 Å². The molecular formula is C15H11NO2. The van der Waals surface area contributed by atoms with E-state index in [1.54, 1.807) is 12.4 Å². The van der Waals surface area contributed by atoms with Crippen LogP contribution in [0.25, 0.3) is 22.3 Å². The van der Waals surface area contributed by atoms with E-state index in [4.69, 9.17) is 4.42 Å². The Morgan fingerprint density at radius 2 is 1.89 bits per heavy atom. The molecule has 1 aromatic carbocycles. The van der Waals surface area contributed by atoms with Crippen LogP contribution >= 0.6 is 0 Å². The van der Waals surface area contributed by atoms with E-state index in [9.17, 15) is 4.79 Å². The zero-order valence-corrected chi connectivity index (χ0v) is 9.88. The molecule has 0 unspecified atom stereocenters.